The van der Waals surface area contributed by atoms with Crippen LogP contribution in [0.25, 0.3) is 0 Å². The molecule has 1 aliphatic rings. The van der Waals surface area contributed by atoms with Gasteiger partial charge in [0.25, 0.3) is 0 Å². The maximum absolute atomic E-state index is 11.7. The van der Waals surface area contributed by atoms with Crippen LogP contribution < -0.4 is 10.6 Å². The molecule has 3 heteroatoms. The fourth-order valence-electron chi connectivity index (χ4n) is 1.62. The summed E-state index contributed by atoms with van der Waals surface area (Å²) in [5.41, 5.74) is -0.112. The molecule has 0 bridgehead atoms. The SMILES string of the molecule is CC1CNCC1C(=O)NC(C)(C)C. The van der Waals surface area contributed by atoms with E-state index in [4.69, 9.17) is 0 Å². The van der Waals surface area contributed by atoms with Crippen molar-refractivity contribution in [2.75, 3.05) is 13.1 Å². The molecule has 2 unspecified atom stereocenters. The van der Waals surface area contributed by atoms with E-state index in [2.05, 4.69) is 17.6 Å². The van der Waals surface area contributed by atoms with E-state index in [1.54, 1.807) is 0 Å². The van der Waals surface area contributed by atoms with Gasteiger partial charge in [-0.1, -0.05) is 6.92 Å². The molecule has 2 atom stereocenters. The molecule has 0 aromatic rings. The highest BCUT2D eigenvalue weighted by Crippen LogP contribution is 2.16. The number of carbonyl (C=O) groups excluding carboxylic acids is 1. The topological polar surface area (TPSA) is 41.1 Å². The van der Waals surface area contributed by atoms with Crippen LogP contribution in [-0.4, -0.2) is 24.5 Å². The zero-order chi connectivity index (χ0) is 10.1. The Morgan fingerprint density at radius 2 is 2.00 bits per heavy atom. The highest BCUT2D eigenvalue weighted by atomic mass is 16.2. The van der Waals surface area contributed by atoms with Crippen molar-refractivity contribution in [1.29, 1.82) is 0 Å². The Bertz CT molecular complexity index is 196. The molecule has 1 heterocycles. The number of rotatable bonds is 1. The van der Waals surface area contributed by atoms with Crippen molar-refractivity contribution in [2.45, 2.75) is 33.2 Å². The summed E-state index contributed by atoms with van der Waals surface area (Å²) in [6.45, 7) is 9.94. The second kappa shape index (κ2) is 3.66. The van der Waals surface area contributed by atoms with Crippen molar-refractivity contribution in [3.8, 4) is 0 Å². The van der Waals surface area contributed by atoms with Gasteiger partial charge in [-0.05, 0) is 33.2 Å². The summed E-state index contributed by atoms with van der Waals surface area (Å²) in [6, 6.07) is 0. The average molecular weight is 184 g/mol. The number of nitrogens with one attached hydrogen (secondary N) is 2. The van der Waals surface area contributed by atoms with Crippen molar-refractivity contribution >= 4 is 5.91 Å². The van der Waals surface area contributed by atoms with E-state index in [9.17, 15) is 4.79 Å². The Morgan fingerprint density at radius 1 is 1.38 bits per heavy atom. The zero-order valence-corrected chi connectivity index (χ0v) is 8.98. The zero-order valence-electron chi connectivity index (χ0n) is 8.98. The monoisotopic (exact) mass is 184 g/mol. The third-order valence-electron chi connectivity index (χ3n) is 2.35. The summed E-state index contributed by atoms with van der Waals surface area (Å²) in [5.74, 6) is 0.798. The Hall–Kier alpha value is -0.570. The molecule has 1 aliphatic heterocycles. The van der Waals surface area contributed by atoms with Gasteiger partial charge in [-0.2, -0.15) is 0 Å². The third kappa shape index (κ3) is 2.99. The van der Waals surface area contributed by atoms with Gasteiger partial charge in [0, 0.05) is 12.1 Å². The van der Waals surface area contributed by atoms with Crippen LogP contribution in [0.5, 0.6) is 0 Å². The molecule has 1 rings (SSSR count). The second-order valence-corrected chi connectivity index (χ2v) is 4.98. The first-order valence-corrected chi connectivity index (χ1v) is 4.93. The molecule has 0 saturated carbocycles. The number of carbonyl (C=O) groups is 1. The van der Waals surface area contributed by atoms with E-state index in [-0.39, 0.29) is 17.4 Å². The van der Waals surface area contributed by atoms with Gasteiger partial charge >= 0.3 is 0 Å². The number of hydrogen-bond donors (Lipinski definition) is 2. The molecule has 0 aromatic carbocycles. The van der Waals surface area contributed by atoms with E-state index < -0.39 is 0 Å². The third-order valence-corrected chi connectivity index (χ3v) is 2.35. The van der Waals surface area contributed by atoms with Gasteiger partial charge in [-0.25, -0.2) is 0 Å². The van der Waals surface area contributed by atoms with Crippen molar-refractivity contribution in [2.24, 2.45) is 11.8 Å². The van der Waals surface area contributed by atoms with Crippen LogP contribution in [0.2, 0.25) is 0 Å². The largest absolute Gasteiger partial charge is 0.351 e. The van der Waals surface area contributed by atoms with Gasteiger partial charge in [-0.3, -0.25) is 4.79 Å². The quantitative estimate of drug-likeness (QED) is 0.631. The summed E-state index contributed by atoms with van der Waals surface area (Å²) in [6.07, 6.45) is 0. The molecule has 0 aliphatic carbocycles. The normalized spacial score (nSPS) is 28.9. The van der Waals surface area contributed by atoms with Gasteiger partial charge in [0.05, 0.1) is 5.92 Å². The standard InChI is InChI=1S/C10H20N2O/c1-7-5-11-6-8(7)9(13)12-10(2,3)4/h7-8,11H,5-6H2,1-4H3,(H,12,13). The molecular formula is C10H20N2O. The second-order valence-electron chi connectivity index (χ2n) is 4.98. The summed E-state index contributed by atoms with van der Waals surface area (Å²) >= 11 is 0. The first kappa shape index (κ1) is 10.5. The number of amides is 1. The molecule has 2 N–H and O–H groups in total. The fourth-order valence-corrected chi connectivity index (χ4v) is 1.62. The van der Waals surface area contributed by atoms with E-state index in [0.717, 1.165) is 13.1 Å². The van der Waals surface area contributed by atoms with E-state index in [0.29, 0.717) is 5.92 Å². The Morgan fingerprint density at radius 3 is 2.38 bits per heavy atom. The van der Waals surface area contributed by atoms with Crippen molar-refractivity contribution < 1.29 is 4.79 Å². The van der Waals surface area contributed by atoms with Crippen LogP contribution in [0.15, 0.2) is 0 Å². The van der Waals surface area contributed by atoms with Crippen molar-refractivity contribution in [1.82, 2.24) is 10.6 Å². The molecule has 1 saturated heterocycles. The van der Waals surface area contributed by atoms with E-state index >= 15 is 0 Å². The summed E-state index contributed by atoms with van der Waals surface area (Å²) in [7, 11) is 0. The first-order chi connectivity index (χ1) is 5.90. The maximum Gasteiger partial charge on any atom is 0.225 e. The molecule has 1 fully saturated rings. The Kier molecular flexibility index (Phi) is 2.96. The lowest BCUT2D eigenvalue weighted by atomic mass is 9.96. The lowest BCUT2D eigenvalue weighted by molar-refractivity contribution is -0.126. The van der Waals surface area contributed by atoms with Gasteiger partial charge < -0.3 is 10.6 Å². The molecular weight excluding hydrogens is 164 g/mol. The smallest absolute Gasteiger partial charge is 0.225 e. The Balaban J connectivity index is 2.48. The molecule has 13 heavy (non-hydrogen) atoms. The van der Waals surface area contributed by atoms with Crippen molar-refractivity contribution in [3.05, 3.63) is 0 Å². The predicted octanol–water partition coefficient (Wildman–Crippen LogP) is 0.757. The van der Waals surface area contributed by atoms with Gasteiger partial charge in [-0.15, -0.1) is 0 Å². The highest BCUT2D eigenvalue weighted by molar-refractivity contribution is 5.80. The molecule has 0 aromatic heterocycles. The van der Waals surface area contributed by atoms with Crippen LogP contribution in [0, 0.1) is 11.8 Å². The lowest BCUT2D eigenvalue weighted by Crippen LogP contribution is -2.45. The molecule has 0 radical (unpaired) electrons. The predicted molar refractivity (Wildman–Crippen MR) is 53.4 cm³/mol. The minimum Gasteiger partial charge on any atom is -0.351 e. The molecule has 3 nitrogen and oxygen atoms in total. The lowest BCUT2D eigenvalue weighted by Gasteiger charge is -2.24. The van der Waals surface area contributed by atoms with Crippen LogP contribution in [0.4, 0.5) is 0 Å². The highest BCUT2D eigenvalue weighted by Gasteiger charge is 2.31. The van der Waals surface area contributed by atoms with Crippen LogP contribution in [0.3, 0.4) is 0 Å². The van der Waals surface area contributed by atoms with E-state index in [1.165, 1.54) is 0 Å². The van der Waals surface area contributed by atoms with Gasteiger partial charge in [0.1, 0.15) is 0 Å². The van der Waals surface area contributed by atoms with E-state index in [1.807, 2.05) is 20.8 Å². The number of hydrogen-bond acceptors (Lipinski definition) is 2. The molecule has 0 spiro atoms. The molecule has 76 valence electrons. The van der Waals surface area contributed by atoms with Crippen LogP contribution in [-0.2, 0) is 4.79 Å². The molecule has 1 amide bonds. The minimum absolute atomic E-state index is 0.112. The van der Waals surface area contributed by atoms with Gasteiger partial charge in [0.2, 0.25) is 5.91 Å². The maximum atomic E-state index is 11.7. The average Bonchev–Trinajstić information content (AvgIpc) is 2.30. The van der Waals surface area contributed by atoms with Crippen LogP contribution >= 0.6 is 0 Å². The van der Waals surface area contributed by atoms with Crippen LogP contribution in [0.1, 0.15) is 27.7 Å². The van der Waals surface area contributed by atoms with Gasteiger partial charge in [0.15, 0.2) is 0 Å². The Labute approximate surface area is 80.3 Å². The minimum atomic E-state index is -0.112. The summed E-state index contributed by atoms with van der Waals surface area (Å²) in [5, 5.41) is 6.24. The fraction of sp³-hybridized carbons (Fsp3) is 0.900. The summed E-state index contributed by atoms with van der Waals surface area (Å²) in [4.78, 5) is 11.7. The first-order valence-electron chi connectivity index (χ1n) is 4.93. The summed E-state index contributed by atoms with van der Waals surface area (Å²) < 4.78 is 0. The van der Waals surface area contributed by atoms with Crippen molar-refractivity contribution in [3.63, 3.8) is 0 Å².